The van der Waals surface area contributed by atoms with Gasteiger partial charge < -0.3 is 4.42 Å². The van der Waals surface area contributed by atoms with Crippen LogP contribution in [0.4, 0.5) is 0 Å². The van der Waals surface area contributed by atoms with Gasteiger partial charge in [-0.2, -0.15) is 0 Å². The molecule has 116 valence electrons. The molecule has 2 aromatic heterocycles. The van der Waals surface area contributed by atoms with Gasteiger partial charge in [0.05, 0.1) is 12.2 Å². The molecule has 3 fully saturated rings. The van der Waals surface area contributed by atoms with Crippen molar-refractivity contribution in [3.63, 3.8) is 0 Å². The molecule has 2 unspecified atom stereocenters. The minimum absolute atomic E-state index is 0.599. The van der Waals surface area contributed by atoms with Crippen molar-refractivity contribution < 1.29 is 4.42 Å². The summed E-state index contributed by atoms with van der Waals surface area (Å²) in [4.78, 5) is 9.44. The molecule has 2 aromatic rings. The van der Waals surface area contributed by atoms with E-state index in [0.717, 1.165) is 42.2 Å². The fourth-order valence-electron chi connectivity index (χ4n) is 3.45. The van der Waals surface area contributed by atoms with Crippen LogP contribution in [-0.2, 0) is 13.1 Å². The summed E-state index contributed by atoms with van der Waals surface area (Å²) < 4.78 is 6.52. The number of halogens is 1. The lowest BCUT2D eigenvalue weighted by molar-refractivity contribution is -0.0816. The Balaban J connectivity index is 1.35. The van der Waals surface area contributed by atoms with Crippen molar-refractivity contribution in [2.24, 2.45) is 0 Å². The van der Waals surface area contributed by atoms with Crippen LogP contribution in [0, 0.1) is 6.92 Å². The maximum Gasteiger partial charge on any atom is 0.230 e. The summed E-state index contributed by atoms with van der Waals surface area (Å²) in [5.74, 6) is 1.37. The van der Waals surface area contributed by atoms with Gasteiger partial charge in [0.2, 0.25) is 11.8 Å². The predicted octanol–water partition coefficient (Wildman–Crippen LogP) is 1.99. The van der Waals surface area contributed by atoms with E-state index in [-0.39, 0.29) is 0 Å². The lowest BCUT2D eigenvalue weighted by atomic mass is 9.87. The molecule has 22 heavy (non-hydrogen) atoms. The molecule has 6 nitrogen and oxygen atoms in total. The molecule has 0 aliphatic carbocycles. The summed E-state index contributed by atoms with van der Waals surface area (Å²) in [5.41, 5.74) is 1.13. The molecule has 5 heterocycles. The Kier molecular flexibility index (Phi) is 3.71. The zero-order chi connectivity index (χ0) is 15.1. The van der Waals surface area contributed by atoms with Crippen LogP contribution in [0.25, 0.3) is 0 Å². The second-order valence-corrected chi connectivity index (χ2v) is 7.01. The van der Waals surface area contributed by atoms with Crippen LogP contribution in [0.1, 0.15) is 23.9 Å². The van der Waals surface area contributed by atoms with Crippen LogP contribution in [0.2, 0.25) is 0 Å². The Bertz CT molecular complexity index is 646. The standard InChI is InChI=1S/C15H18BrN5O/c1-10-18-19-15(22-10)9-21-13-4-14(21)8-20(7-13)6-12-3-2-11(16)5-17-12/h2-3,5,13-14H,4,6-9H2,1H3. The van der Waals surface area contributed by atoms with E-state index in [2.05, 4.69) is 53.0 Å². The van der Waals surface area contributed by atoms with Crippen molar-refractivity contribution in [1.29, 1.82) is 0 Å². The van der Waals surface area contributed by atoms with E-state index < -0.39 is 0 Å². The number of aromatic nitrogens is 3. The molecule has 0 radical (unpaired) electrons. The number of fused-ring (bicyclic) bond motifs is 2. The number of hydrogen-bond donors (Lipinski definition) is 0. The molecule has 0 aromatic carbocycles. The molecule has 0 amide bonds. The second kappa shape index (κ2) is 5.72. The number of aryl methyl sites for hydroxylation is 1. The van der Waals surface area contributed by atoms with Gasteiger partial charge in [0.25, 0.3) is 0 Å². The van der Waals surface area contributed by atoms with Crippen molar-refractivity contribution in [1.82, 2.24) is 25.0 Å². The van der Waals surface area contributed by atoms with Crippen LogP contribution < -0.4 is 0 Å². The maximum atomic E-state index is 5.50. The van der Waals surface area contributed by atoms with E-state index in [1.807, 2.05) is 13.1 Å². The first-order chi connectivity index (χ1) is 10.7. The molecule has 0 saturated carbocycles. The van der Waals surface area contributed by atoms with Crippen molar-refractivity contribution in [2.75, 3.05) is 13.1 Å². The van der Waals surface area contributed by atoms with Gasteiger partial charge in [0.1, 0.15) is 0 Å². The monoisotopic (exact) mass is 363 g/mol. The van der Waals surface area contributed by atoms with E-state index in [1.54, 1.807) is 0 Å². The van der Waals surface area contributed by atoms with E-state index in [1.165, 1.54) is 6.42 Å². The highest BCUT2D eigenvalue weighted by Crippen LogP contribution is 2.34. The van der Waals surface area contributed by atoms with Gasteiger partial charge >= 0.3 is 0 Å². The summed E-state index contributed by atoms with van der Waals surface area (Å²) in [7, 11) is 0. The minimum Gasteiger partial charge on any atom is -0.424 e. The Hall–Kier alpha value is -1.31. The molecule has 0 spiro atoms. The van der Waals surface area contributed by atoms with Crippen molar-refractivity contribution in [3.8, 4) is 0 Å². The van der Waals surface area contributed by atoms with E-state index in [0.29, 0.717) is 18.0 Å². The molecule has 7 heteroatoms. The van der Waals surface area contributed by atoms with Gasteiger partial charge in [-0.1, -0.05) is 0 Å². The molecule has 5 rings (SSSR count). The van der Waals surface area contributed by atoms with E-state index >= 15 is 0 Å². The van der Waals surface area contributed by atoms with E-state index in [4.69, 9.17) is 4.42 Å². The number of pyridine rings is 1. The summed E-state index contributed by atoms with van der Waals surface area (Å²) in [5, 5.41) is 8.01. The zero-order valence-electron chi connectivity index (χ0n) is 12.4. The Labute approximate surface area is 137 Å². The molecular weight excluding hydrogens is 346 g/mol. The van der Waals surface area contributed by atoms with Crippen LogP contribution in [-0.4, -0.2) is 50.2 Å². The average molecular weight is 364 g/mol. The summed E-state index contributed by atoms with van der Waals surface area (Å²) in [6.07, 6.45) is 3.14. The quantitative estimate of drug-likeness (QED) is 0.827. The molecule has 3 aliphatic rings. The molecular formula is C15H18BrN5O. The maximum absolute atomic E-state index is 5.50. The Morgan fingerprint density at radius 2 is 2.05 bits per heavy atom. The van der Waals surface area contributed by atoms with Gasteiger partial charge in [-0.15, -0.1) is 10.2 Å². The smallest absolute Gasteiger partial charge is 0.230 e. The molecule has 3 aliphatic heterocycles. The van der Waals surface area contributed by atoms with Crippen LogP contribution in [0.3, 0.4) is 0 Å². The molecule has 2 bridgehead atoms. The first kappa shape index (κ1) is 14.3. The Morgan fingerprint density at radius 1 is 1.23 bits per heavy atom. The Morgan fingerprint density at radius 3 is 2.68 bits per heavy atom. The molecule has 2 atom stereocenters. The third-order valence-electron chi connectivity index (χ3n) is 4.48. The van der Waals surface area contributed by atoms with Crippen molar-refractivity contribution in [3.05, 3.63) is 40.3 Å². The lowest BCUT2D eigenvalue weighted by Gasteiger charge is -2.56. The van der Waals surface area contributed by atoms with Gasteiger partial charge in [-0.25, -0.2) is 0 Å². The normalized spacial score (nSPS) is 25.2. The lowest BCUT2D eigenvalue weighted by Crippen LogP contribution is -2.67. The largest absolute Gasteiger partial charge is 0.424 e. The highest BCUT2D eigenvalue weighted by molar-refractivity contribution is 9.10. The van der Waals surface area contributed by atoms with Gasteiger partial charge in [-0.3, -0.25) is 14.8 Å². The van der Waals surface area contributed by atoms with Crippen molar-refractivity contribution in [2.45, 2.75) is 38.5 Å². The first-order valence-corrected chi connectivity index (χ1v) is 8.34. The van der Waals surface area contributed by atoms with Crippen LogP contribution in [0.15, 0.2) is 27.2 Å². The number of hydrogen-bond acceptors (Lipinski definition) is 6. The number of piperidine rings is 1. The fraction of sp³-hybridized carbons (Fsp3) is 0.533. The highest BCUT2D eigenvalue weighted by atomic mass is 79.9. The third-order valence-corrected chi connectivity index (χ3v) is 4.95. The molecule has 3 saturated heterocycles. The zero-order valence-corrected chi connectivity index (χ0v) is 14.0. The van der Waals surface area contributed by atoms with Gasteiger partial charge in [-0.05, 0) is 34.5 Å². The number of nitrogens with zero attached hydrogens (tertiary/aromatic N) is 5. The van der Waals surface area contributed by atoms with Gasteiger partial charge in [0.15, 0.2) is 0 Å². The fourth-order valence-corrected chi connectivity index (χ4v) is 3.68. The number of piperazine rings is 1. The highest BCUT2D eigenvalue weighted by Gasteiger charge is 2.44. The first-order valence-electron chi connectivity index (χ1n) is 7.55. The SMILES string of the molecule is Cc1nnc(CN2C3CC2CN(Cc2ccc(Br)cn2)C3)o1. The van der Waals surface area contributed by atoms with Crippen LogP contribution >= 0.6 is 15.9 Å². The van der Waals surface area contributed by atoms with E-state index in [9.17, 15) is 0 Å². The summed E-state index contributed by atoms with van der Waals surface area (Å²) in [6, 6.07) is 5.34. The average Bonchev–Trinajstić information content (AvgIpc) is 2.93. The third kappa shape index (κ3) is 2.80. The topological polar surface area (TPSA) is 58.3 Å². The summed E-state index contributed by atoms with van der Waals surface area (Å²) in [6.45, 7) is 5.71. The summed E-state index contributed by atoms with van der Waals surface area (Å²) >= 11 is 3.43. The van der Waals surface area contributed by atoms with Crippen molar-refractivity contribution >= 4 is 15.9 Å². The predicted molar refractivity (Wildman–Crippen MR) is 84.0 cm³/mol. The van der Waals surface area contributed by atoms with Crippen LogP contribution in [0.5, 0.6) is 0 Å². The second-order valence-electron chi connectivity index (χ2n) is 6.09. The number of rotatable bonds is 4. The minimum atomic E-state index is 0.599. The van der Waals surface area contributed by atoms with Gasteiger partial charge in [0, 0.05) is 49.3 Å². The molecule has 0 N–H and O–H groups in total.